The predicted molar refractivity (Wildman–Crippen MR) is 64.5 cm³/mol. The molecule has 0 bridgehead atoms. The Balaban J connectivity index is 2.66. The first-order valence-corrected chi connectivity index (χ1v) is 5.66. The molecule has 0 fully saturated rings. The molecule has 1 aromatic carbocycles. The van der Waals surface area contributed by atoms with Crippen molar-refractivity contribution in [1.29, 1.82) is 0 Å². The quantitative estimate of drug-likeness (QED) is 0.832. The van der Waals surface area contributed by atoms with Crippen LogP contribution in [-0.4, -0.2) is 26.8 Å². The van der Waals surface area contributed by atoms with Crippen molar-refractivity contribution in [2.45, 2.75) is 18.9 Å². The number of likely N-dealkylation sites (N-methyl/N-ethyl adjacent to an activating group) is 1. The Bertz CT molecular complexity index is 333. The van der Waals surface area contributed by atoms with Gasteiger partial charge in [0.1, 0.15) is 5.82 Å². The van der Waals surface area contributed by atoms with E-state index in [9.17, 15) is 4.39 Å². The van der Waals surface area contributed by atoms with Crippen LogP contribution in [0.1, 0.15) is 12.0 Å². The summed E-state index contributed by atoms with van der Waals surface area (Å²) in [5.41, 5.74) is 0.831. The van der Waals surface area contributed by atoms with Gasteiger partial charge in [-0.3, -0.25) is 0 Å². The van der Waals surface area contributed by atoms with Gasteiger partial charge in [-0.2, -0.15) is 0 Å². The van der Waals surface area contributed by atoms with E-state index in [0.29, 0.717) is 13.0 Å². The fraction of sp³-hybridized carbons (Fsp3) is 0.500. The highest BCUT2D eigenvalue weighted by molar-refractivity contribution is 6.31. The van der Waals surface area contributed by atoms with Crippen LogP contribution in [0.15, 0.2) is 18.2 Å². The lowest BCUT2D eigenvalue weighted by Crippen LogP contribution is -2.29. The van der Waals surface area contributed by atoms with E-state index in [1.807, 2.05) is 13.1 Å². The lowest BCUT2D eigenvalue weighted by atomic mass is 10.0. The second-order valence-electron chi connectivity index (χ2n) is 3.68. The molecule has 0 amide bonds. The number of hydrogen-bond acceptors (Lipinski definition) is 2. The van der Waals surface area contributed by atoms with Crippen LogP contribution in [0, 0.1) is 5.82 Å². The Morgan fingerprint density at radius 3 is 2.88 bits per heavy atom. The van der Waals surface area contributed by atoms with E-state index in [0.717, 1.165) is 12.0 Å². The molecule has 1 rings (SSSR count). The largest absolute Gasteiger partial charge is 0.385 e. The van der Waals surface area contributed by atoms with Crippen molar-refractivity contribution in [2.24, 2.45) is 0 Å². The van der Waals surface area contributed by atoms with Gasteiger partial charge in [-0.15, -0.1) is 0 Å². The average Bonchev–Trinajstić information content (AvgIpc) is 2.30. The van der Waals surface area contributed by atoms with Gasteiger partial charge in [0.15, 0.2) is 0 Å². The molecule has 1 aromatic rings. The summed E-state index contributed by atoms with van der Waals surface area (Å²) in [7, 11) is 3.55. The highest BCUT2D eigenvalue weighted by Gasteiger charge is 2.11. The van der Waals surface area contributed by atoms with Crippen LogP contribution in [0.5, 0.6) is 0 Å². The number of halogens is 2. The van der Waals surface area contributed by atoms with Gasteiger partial charge in [0.2, 0.25) is 0 Å². The normalized spacial score (nSPS) is 12.8. The second kappa shape index (κ2) is 6.84. The van der Waals surface area contributed by atoms with Gasteiger partial charge in [-0.05, 0) is 31.5 Å². The van der Waals surface area contributed by atoms with E-state index in [1.165, 1.54) is 6.07 Å². The molecule has 0 spiro atoms. The molecule has 0 aliphatic rings. The SMILES string of the molecule is CNC(CCOC)Cc1cccc(F)c1Cl. The third-order valence-corrected chi connectivity index (χ3v) is 3.00. The van der Waals surface area contributed by atoms with E-state index in [1.54, 1.807) is 13.2 Å². The second-order valence-corrected chi connectivity index (χ2v) is 4.06. The topological polar surface area (TPSA) is 21.3 Å². The minimum atomic E-state index is -0.360. The van der Waals surface area contributed by atoms with Gasteiger partial charge in [-0.1, -0.05) is 23.7 Å². The van der Waals surface area contributed by atoms with Crippen molar-refractivity contribution in [3.8, 4) is 0 Å². The summed E-state index contributed by atoms with van der Waals surface area (Å²) in [4.78, 5) is 0. The third-order valence-electron chi connectivity index (χ3n) is 2.58. The minimum Gasteiger partial charge on any atom is -0.385 e. The maximum absolute atomic E-state index is 13.2. The Labute approximate surface area is 101 Å². The molecule has 1 unspecified atom stereocenters. The molecule has 0 aliphatic heterocycles. The summed E-state index contributed by atoms with van der Waals surface area (Å²) in [5, 5.41) is 3.39. The maximum Gasteiger partial charge on any atom is 0.142 e. The number of hydrogen-bond donors (Lipinski definition) is 1. The smallest absolute Gasteiger partial charge is 0.142 e. The Hall–Kier alpha value is -0.640. The van der Waals surface area contributed by atoms with Gasteiger partial charge in [0.25, 0.3) is 0 Å². The van der Waals surface area contributed by atoms with Gasteiger partial charge in [-0.25, -0.2) is 4.39 Å². The first-order chi connectivity index (χ1) is 7.69. The van der Waals surface area contributed by atoms with Crippen molar-refractivity contribution in [1.82, 2.24) is 5.32 Å². The standard InChI is InChI=1S/C12H17ClFNO/c1-15-10(6-7-16-2)8-9-4-3-5-11(14)12(9)13/h3-5,10,15H,6-8H2,1-2H3. The molecule has 4 heteroatoms. The molecular weight excluding hydrogens is 229 g/mol. The molecule has 90 valence electrons. The molecule has 16 heavy (non-hydrogen) atoms. The Morgan fingerprint density at radius 2 is 2.25 bits per heavy atom. The van der Waals surface area contributed by atoms with E-state index in [2.05, 4.69) is 5.32 Å². The van der Waals surface area contributed by atoms with E-state index in [-0.39, 0.29) is 16.9 Å². The van der Waals surface area contributed by atoms with E-state index >= 15 is 0 Å². The number of nitrogens with one attached hydrogen (secondary N) is 1. The fourth-order valence-electron chi connectivity index (χ4n) is 1.58. The Kier molecular flexibility index (Phi) is 5.74. The lowest BCUT2D eigenvalue weighted by Gasteiger charge is -2.16. The van der Waals surface area contributed by atoms with Crippen molar-refractivity contribution in [3.63, 3.8) is 0 Å². The number of ether oxygens (including phenoxy) is 1. The van der Waals surface area contributed by atoms with Gasteiger partial charge in [0, 0.05) is 19.8 Å². The Morgan fingerprint density at radius 1 is 1.50 bits per heavy atom. The lowest BCUT2D eigenvalue weighted by molar-refractivity contribution is 0.184. The molecule has 0 saturated carbocycles. The van der Waals surface area contributed by atoms with Crippen molar-refractivity contribution in [3.05, 3.63) is 34.6 Å². The molecule has 0 aliphatic carbocycles. The van der Waals surface area contributed by atoms with Crippen LogP contribution in [0.3, 0.4) is 0 Å². The van der Waals surface area contributed by atoms with Crippen LogP contribution in [0.4, 0.5) is 4.39 Å². The number of methoxy groups -OCH3 is 1. The van der Waals surface area contributed by atoms with Crippen LogP contribution in [-0.2, 0) is 11.2 Å². The van der Waals surface area contributed by atoms with Crippen molar-refractivity contribution in [2.75, 3.05) is 20.8 Å². The highest BCUT2D eigenvalue weighted by atomic mass is 35.5. The van der Waals surface area contributed by atoms with Crippen LogP contribution >= 0.6 is 11.6 Å². The molecular formula is C12H17ClFNO. The van der Waals surface area contributed by atoms with E-state index in [4.69, 9.17) is 16.3 Å². The molecule has 1 N–H and O–H groups in total. The molecule has 0 aromatic heterocycles. The third kappa shape index (κ3) is 3.74. The van der Waals surface area contributed by atoms with Gasteiger partial charge >= 0.3 is 0 Å². The van der Waals surface area contributed by atoms with Crippen molar-refractivity contribution >= 4 is 11.6 Å². The summed E-state index contributed by atoms with van der Waals surface area (Å²) >= 11 is 5.89. The van der Waals surface area contributed by atoms with Crippen LogP contribution in [0.25, 0.3) is 0 Å². The maximum atomic E-state index is 13.2. The zero-order valence-corrected chi connectivity index (χ0v) is 10.4. The van der Waals surface area contributed by atoms with E-state index < -0.39 is 0 Å². The minimum absolute atomic E-state index is 0.222. The predicted octanol–water partition coefficient (Wildman–Crippen LogP) is 2.65. The molecule has 0 heterocycles. The summed E-state index contributed by atoms with van der Waals surface area (Å²) in [5.74, 6) is -0.360. The highest BCUT2D eigenvalue weighted by Crippen LogP contribution is 2.21. The monoisotopic (exact) mass is 245 g/mol. The van der Waals surface area contributed by atoms with Crippen molar-refractivity contribution < 1.29 is 9.13 Å². The number of rotatable bonds is 6. The average molecular weight is 246 g/mol. The zero-order valence-electron chi connectivity index (χ0n) is 9.59. The van der Waals surface area contributed by atoms with Gasteiger partial charge in [0.05, 0.1) is 5.02 Å². The first-order valence-electron chi connectivity index (χ1n) is 5.28. The van der Waals surface area contributed by atoms with Crippen LogP contribution in [0.2, 0.25) is 5.02 Å². The first kappa shape index (κ1) is 13.4. The molecule has 0 radical (unpaired) electrons. The van der Waals surface area contributed by atoms with Crippen LogP contribution < -0.4 is 5.32 Å². The fourth-order valence-corrected chi connectivity index (χ4v) is 1.78. The van der Waals surface area contributed by atoms with Gasteiger partial charge < -0.3 is 10.1 Å². The summed E-state index contributed by atoms with van der Waals surface area (Å²) < 4.78 is 18.2. The summed E-state index contributed by atoms with van der Waals surface area (Å²) in [6.45, 7) is 0.679. The number of benzene rings is 1. The summed E-state index contributed by atoms with van der Waals surface area (Å²) in [6, 6.07) is 5.15. The molecule has 1 atom stereocenters. The molecule has 0 saturated heterocycles. The summed E-state index contributed by atoms with van der Waals surface area (Å²) in [6.07, 6.45) is 1.58. The zero-order chi connectivity index (χ0) is 12.0. The molecule has 2 nitrogen and oxygen atoms in total.